The predicted octanol–water partition coefficient (Wildman–Crippen LogP) is 3.43. The molecule has 2 aliphatic rings. The molecular weight excluding hydrogens is 529 g/mol. The van der Waals surface area contributed by atoms with E-state index >= 15 is 4.39 Å². The molecule has 5 aromatic rings. The Kier molecular flexibility index (Phi) is 6.12. The lowest BCUT2D eigenvalue weighted by molar-refractivity contribution is -0.0744. The summed E-state index contributed by atoms with van der Waals surface area (Å²) in [5.41, 5.74) is 2.62. The number of carbonyl (C=O) groups is 1. The van der Waals surface area contributed by atoms with Crippen molar-refractivity contribution in [3.05, 3.63) is 66.0 Å². The first-order chi connectivity index (χ1) is 19.8. The third-order valence-electron chi connectivity index (χ3n) is 7.70. The largest absolute Gasteiger partial charge is 0.388 e. The molecule has 2 N–H and O–H groups in total. The van der Waals surface area contributed by atoms with E-state index in [4.69, 9.17) is 4.74 Å². The number of tetrazole rings is 1. The number of carbonyl (C=O) groups excluding carboxylic acids is 1. The number of hydrogen-bond acceptors (Lipinski definition) is 8. The summed E-state index contributed by atoms with van der Waals surface area (Å²) in [6, 6.07) is 7.21. The Morgan fingerprint density at radius 3 is 2.76 bits per heavy atom. The molecule has 1 aromatic carbocycles. The average molecular weight is 558 g/mol. The molecule has 2 fully saturated rings. The fourth-order valence-corrected chi connectivity index (χ4v) is 5.09. The molecule has 1 amide bonds. The van der Waals surface area contributed by atoms with Gasteiger partial charge >= 0.3 is 0 Å². The minimum Gasteiger partial charge on any atom is -0.388 e. The van der Waals surface area contributed by atoms with Crippen molar-refractivity contribution in [3.63, 3.8) is 0 Å². The Bertz CT molecular complexity index is 1760. The summed E-state index contributed by atoms with van der Waals surface area (Å²) in [7, 11) is 0. The van der Waals surface area contributed by atoms with E-state index in [-0.39, 0.29) is 11.1 Å². The highest BCUT2D eigenvalue weighted by molar-refractivity contribution is 6.09. The van der Waals surface area contributed by atoms with Crippen molar-refractivity contribution in [2.75, 3.05) is 18.5 Å². The van der Waals surface area contributed by atoms with E-state index in [0.717, 1.165) is 24.0 Å². The summed E-state index contributed by atoms with van der Waals surface area (Å²) in [5.74, 6) is -0.599. The van der Waals surface area contributed by atoms with Crippen LogP contribution in [0.25, 0.3) is 28.0 Å². The van der Waals surface area contributed by atoms with E-state index in [1.165, 1.54) is 16.8 Å². The number of nitrogens with zero attached hydrogens (tertiary/aromatic N) is 8. The van der Waals surface area contributed by atoms with Gasteiger partial charge in [0.2, 0.25) is 5.82 Å². The third kappa shape index (κ3) is 4.98. The van der Waals surface area contributed by atoms with Gasteiger partial charge in [-0.25, -0.2) is 8.91 Å². The van der Waals surface area contributed by atoms with Crippen LogP contribution in [0.15, 0.2) is 49.1 Å². The van der Waals surface area contributed by atoms with Gasteiger partial charge in [0.25, 0.3) is 5.91 Å². The maximum absolute atomic E-state index is 15.5. The van der Waals surface area contributed by atoms with Crippen molar-refractivity contribution in [2.45, 2.75) is 50.8 Å². The first-order valence-electron chi connectivity index (χ1n) is 13.6. The second-order valence-corrected chi connectivity index (χ2v) is 10.8. The van der Waals surface area contributed by atoms with Gasteiger partial charge in [-0.1, -0.05) is 12.1 Å². The second-order valence-electron chi connectivity index (χ2n) is 10.8. The summed E-state index contributed by atoms with van der Waals surface area (Å²) in [6.45, 7) is 3.21. The van der Waals surface area contributed by atoms with Crippen LogP contribution in [0.4, 0.5) is 10.1 Å². The number of halogens is 1. The monoisotopic (exact) mass is 557 g/mol. The Balaban J connectivity index is 1.12. The lowest BCUT2D eigenvalue weighted by Crippen LogP contribution is -2.40. The normalized spacial score (nSPS) is 16.8. The summed E-state index contributed by atoms with van der Waals surface area (Å²) in [6.07, 6.45) is 9.55. The van der Waals surface area contributed by atoms with E-state index in [0.29, 0.717) is 61.3 Å². The van der Waals surface area contributed by atoms with Crippen LogP contribution in [0.1, 0.15) is 47.6 Å². The summed E-state index contributed by atoms with van der Waals surface area (Å²) >= 11 is 0. The van der Waals surface area contributed by atoms with Gasteiger partial charge in [0.1, 0.15) is 11.3 Å². The van der Waals surface area contributed by atoms with Gasteiger partial charge in [0.15, 0.2) is 0 Å². The number of ether oxygens (including phenoxy) is 1. The minimum absolute atomic E-state index is 0.0676. The number of benzene rings is 1. The maximum Gasteiger partial charge on any atom is 0.259 e. The Hall–Kier alpha value is -4.49. The van der Waals surface area contributed by atoms with Gasteiger partial charge in [-0.05, 0) is 42.7 Å². The summed E-state index contributed by atoms with van der Waals surface area (Å²) < 4.78 is 23.8. The number of rotatable bonds is 7. The van der Waals surface area contributed by atoms with Crippen LogP contribution < -0.4 is 5.32 Å². The number of aryl methyl sites for hydroxylation is 1. The van der Waals surface area contributed by atoms with E-state index in [1.54, 1.807) is 34.1 Å². The number of pyridine rings is 1. The van der Waals surface area contributed by atoms with Crippen LogP contribution in [0.2, 0.25) is 0 Å². The van der Waals surface area contributed by atoms with E-state index in [2.05, 4.69) is 30.9 Å². The standard InChI is InChI=1S/C28H28FN9O3/c1-17-2-3-18(26-33-35-38(34-26)21-4-5-21)11-24(17)32-27(39)22-13-31-37-15-19(10-23(29)25(22)37)20-12-30-36(14-20)16-28(40)6-8-41-9-7-28/h2-3,10-15,21,40H,4-9,16H2,1H3,(H,32,39). The number of amides is 1. The van der Waals surface area contributed by atoms with E-state index in [1.807, 2.05) is 19.1 Å². The van der Waals surface area contributed by atoms with Gasteiger partial charge in [-0.2, -0.15) is 15.0 Å². The van der Waals surface area contributed by atoms with Crippen LogP contribution >= 0.6 is 0 Å². The fraction of sp³-hybridized carbons (Fsp3) is 0.357. The average Bonchev–Trinajstić information content (AvgIpc) is 3.32. The minimum atomic E-state index is -0.884. The summed E-state index contributed by atoms with van der Waals surface area (Å²) in [4.78, 5) is 14.9. The molecule has 12 nitrogen and oxygen atoms in total. The quantitative estimate of drug-likeness (QED) is 0.311. The highest BCUT2D eigenvalue weighted by atomic mass is 19.1. The number of aromatic nitrogens is 8. The second kappa shape index (κ2) is 9.85. The molecule has 41 heavy (non-hydrogen) atoms. The Labute approximate surface area is 233 Å². The first-order valence-corrected chi connectivity index (χ1v) is 13.6. The molecular formula is C28H28FN9O3. The topological polar surface area (TPSA) is 137 Å². The number of nitrogens with one attached hydrogen (secondary N) is 1. The lowest BCUT2D eigenvalue weighted by Gasteiger charge is -2.31. The van der Waals surface area contributed by atoms with Gasteiger partial charge in [-0.3, -0.25) is 9.48 Å². The van der Waals surface area contributed by atoms with Crippen LogP contribution in [0.5, 0.6) is 0 Å². The van der Waals surface area contributed by atoms with Crippen molar-refractivity contribution in [3.8, 4) is 22.5 Å². The molecule has 13 heteroatoms. The molecule has 1 saturated carbocycles. The van der Waals surface area contributed by atoms with Gasteiger partial charge in [0.05, 0.1) is 36.1 Å². The molecule has 1 aliphatic carbocycles. The molecule has 0 bridgehead atoms. The van der Waals surface area contributed by atoms with Gasteiger partial charge < -0.3 is 15.2 Å². The number of aliphatic hydroxyl groups is 1. The van der Waals surface area contributed by atoms with Crippen LogP contribution in [-0.2, 0) is 11.3 Å². The van der Waals surface area contributed by atoms with Crippen molar-refractivity contribution in [1.29, 1.82) is 0 Å². The zero-order chi connectivity index (χ0) is 28.1. The molecule has 0 radical (unpaired) electrons. The molecule has 210 valence electrons. The number of hydrogen-bond donors (Lipinski definition) is 2. The molecule has 4 aromatic heterocycles. The summed E-state index contributed by atoms with van der Waals surface area (Å²) in [5, 5.41) is 35.0. The Morgan fingerprint density at radius 1 is 1.12 bits per heavy atom. The predicted molar refractivity (Wildman–Crippen MR) is 146 cm³/mol. The molecule has 1 aliphatic heterocycles. The highest BCUT2D eigenvalue weighted by Gasteiger charge is 2.31. The number of fused-ring (bicyclic) bond motifs is 1. The van der Waals surface area contributed by atoms with Gasteiger partial charge in [-0.15, -0.1) is 10.2 Å². The highest BCUT2D eigenvalue weighted by Crippen LogP contribution is 2.34. The lowest BCUT2D eigenvalue weighted by atomic mass is 9.94. The molecule has 1 saturated heterocycles. The first kappa shape index (κ1) is 25.5. The zero-order valence-corrected chi connectivity index (χ0v) is 22.4. The zero-order valence-electron chi connectivity index (χ0n) is 22.4. The maximum atomic E-state index is 15.5. The molecule has 5 heterocycles. The van der Waals surface area contributed by atoms with E-state index in [9.17, 15) is 9.90 Å². The van der Waals surface area contributed by atoms with Crippen LogP contribution in [0.3, 0.4) is 0 Å². The molecule has 0 unspecified atom stereocenters. The fourth-order valence-electron chi connectivity index (χ4n) is 5.09. The van der Waals surface area contributed by atoms with Crippen LogP contribution in [0, 0.1) is 12.7 Å². The molecule has 7 rings (SSSR count). The van der Waals surface area contributed by atoms with Crippen molar-refractivity contribution in [2.24, 2.45) is 0 Å². The van der Waals surface area contributed by atoms with Crippen molar-refractivity contribution < 1.29 is 19.0 Å². The Morgan fingerprint density at radius 2 is 1.95 bits per heavy atom. The van der Waals surface area contributed by atoms with Gasteiger partial charge in [0, 0.05) is 60.8 Å². The third-order valence-corrected chi connectivity index (χ3v) is 7.70. The SMILES string of the molecule is Cc1ccc(-c2nnn(C3CC3)n2)cc1NC(=O)c1cnn2cc(-c3cnn(CC4(O)CCOCC4)c3)cc(F)c12. The van der Waals surface area contributed by atoms with Crippen molar-refractivity contribution in [1.82, 2.24) is 39.6 Å². The molecule has 0 atom stereocenters. The van der Waals surface area contributed by atoms with E-state index < -0.39 is 17.3 Å². The van der Waals surface area contributed by atoms with Crippen molar-refractivity contribution >= 4 is 17.1 Å². The molecule has 0 spiro atoms. The smallest absolute Gasteiger partial charge is 0.259 e. The van der Waals surface area contributed by atoms with Crippen LogP contribution in [-0.4, -0.2) is 69.4 Å². The number of anilines is 1.